The summed E-state index contributed by atoms with van der Waals surface area (Å²) in [6.07, 6.45) is -1.54. The Kier molecular flexibility index (Phi) is 5.76. The van der Waals surface area contributed by atoms with Gasteiger partial charge in [0.05, 0.1) is 16.8 Å². The summed E-state index contributed by atoms with van der Waals surface area (Å²) in [7, 11) is -4.16. The van der Waals surface area contributed by atoms with E-state index in [1.807, 2.05) is 0 Å². The molecule has 0 aliphatic heterocycles. The molecule has 0 heterocycles. The Labute approximate surface area is 133 Å². The van der Waals surface area contributed by atoms with Gasteiger partial charge in [0.25, 0.3) is 0 Å². The largest absolute Gasteiger partial charge is 0.446 e. The molecule has 0 atom stereocenters. The second kappa shape index (κ2) is 6.92. The van der Waals surface area contributed by atoms with Gasteiger partial charge in [-0.15, -0.1) is 0 Å². The van der Waals surface area contributed by atoms with Crippen molar-refractivity contribution in [2.24, 2.45) is 5.73 Å². The summed E-state index contributed by atoms with van der Waals surface area (Å²) >= 11 is 10.7. The summed E-state index contributed by atoms with van der Waals surface area (Å²) in [4.78, 5) is 11.4. The van der Waals surface area contributed by atoms with Crippen molar-refractivity contribution < 1.29 is 17.9 Å². The molecule has 0 saturated heterocycles. The number of hydrogen-bond donors (Lipinski definition) is 3. The van der Waals surface area contributed by atoms with Gasteiger partial charge in [0.15, 0.2) is 0 Å². The Balaban J connectivity index is 2.85. The smallest absolute Gasteiger partial charge is 0.422 e. The number of amides is 1. The average Bonchev–Trinajstić information content (AvgIpc) is 2.29. The zero-order chi connectivity index (χ0) is 16.2. The first-order chi connectivity index (χ1) is 9.60. The van der Waals surface area contributed by atoms with Crippen molar-refractivity contribution in [3.05, 3.63) is 28.8 Å². The molecule has 0 aromatic heterocycles. The molecule has 0 unspecified atom stereocenters. The van der Waals surface area contributed by atoms with Gasteiger partial charge in [-0.2, -0.15) is 8.42 Å². The van der Waals surface area contributed by atoms with Gasteiger partial charge in [0, 0.05) is 5.56 Å². The Morgan fingerprint density at radius 1 is 1.43 bits per heavy atom. The first-order valence-electron chi connectivity index (χ1n) is 5.71. The first-order valence-corrected chi connectivity index (χ1v) is 7.98. The van der Waals surface area contributed by atoms with E-state index in [1.54, 1.807) is 18.6 Å². The monoisotopic (exact) mass is 351 g/mol. The zero-order valence-electron chi connectivity index (χ0n) is 11.2. The standard InChI is InChI=1S/C11H14ClN3O4S2/c1-6(2)19-11(16)15-21(17,18)14-9-4-3-7(10(13)20)5-8(9)12/h3-6,14H,1-2H3,(H2,13,20)(H,15,16). The lowest BCUT2D eigenvalue weighted by atomic mass is 10.2. The lowest BCUT2D eigenvalue weighted by Gasteiger charge is -2.12. The van der Waals surface area contributed by atoms with E-state index in [-0.39, 0.29) is 15.7 Å². The molecule has 7 nitrogen and oxygen atoms in total. The average molecular weight is 352 g/mol. The normalized spacial score (nSPS) is 11.0. The molecule has 0 spiro atoms. The predicted octanol–water partition coefficient (Wildman–Crippen LogP) is 1.77. The molecule has 4 N–H and O–H groups in total. The highest BCUT2D eigenvalue weighted by atomic mass is 35.5. The van der Waals surface area contributed by atoms with E-state index in [0.717, 1.165) is 0 Å². The van der Waals surface area contributed by atoms with Gasteiger partial charge >= 0.3 is 16.3 Å². The van der Waals surface area contributed by atoms with E-state index in [4.69, 9.17) is 29.6 Å². The number of carbonyl (C=O) groups is 1. The van der Waals surface area contributed by atoms with Crippen LogP contribution in [0.3, 0.4) is 0 Å². The van der Waals surface area contributed by atoms with E-state index in [9.17, 15) is 13.2 Å². The first kappa shape index (κ1) is 17.5. The number of nitrogens with two attached hydrogens (primary N) is 1. The molecule has 1 aromatic rings. The van der Waals surface area contributed by atoms with Crippen molar-refractivity contribution in [2.75, 3.05) is 4.72 Å². The number of carbonyl (C=O) groups excluding carboxylic acids is 1. The minimum atomic E-state index is -4.16. The van der Waals surface area contributed by atoms with E-state index >= 15 is 0 Å². The molecular weight excluding hydrogens is 338 g/mol. The fourth-order valence-corrected chi connectivity index (χ4v) is 2.47. The summed E-state index contributed by atoms with van der Waals surface area (Å²) in [5.74, 6) is 0. The Bertz CT molecular complexity index is 661. The van der Waals surface area contributed by atoms with Gasteiger partial charge in [-0.1, -0.05) is 23.8 Å². The van der Waals surface area contributed by atoms with Crippen LogP contribution in [0.4, 0.5) is 10.5 Å². The van der Waals surface area contributed by atoms with Gasteiger partial charge in [0.1, 0.15) is 4.99 Å². The van der Waals surface area contributed by atoms with Gasteiger partial charge in [-0.3, -0.25) is 4.72 Å². The summed E-state index contributed by atoms with van der Waals surface area (Å²) < 4.78 is 31.9. The summed E-state index contributed by atoms with van der Waals surface area (Å²) in [5.41, 5.74) is 5.99. The highest BCUT2D eigenvalue weighted by Crippen LogP contribution is 2.23. The van der Waals surface area contributed by atoms with Crippen LogP contribution in [0.25, 0.3) is 0 Å². The maximum absolute atomic E-state index is 11.7. The minimum absolute atomic E-state index is 0.0708. The van der Waals surface area contributed by atoms with Crippen molar-refractivity contribution >= 4 is 50.8 Å². The molecule has 21 heavy (non-hydrogen) atoms. The molecular formula is C11H14ClN3O4S2. The maximum atomic E-state index is 11.7. The maximum Gasteiger partial charge on any atom is 0.422 e. The van der Waals surface area contributed by atoms with Crippen molar-refractivity contribution in [1.82, 2.24) is 4.72 Å². The van der Waals surface area contributed by atoms with Crippen LogP contribution < -0.4 is 15.2 Å². The lowest BCUT2D eigenvalue weighted by Crippen LogP contribution is -2.36. The highest BCUT2D eigenvalue weighted by Gasteiger charge is 2.17. The summed E-state index contributed by atoms with van der Waals surface area (Å²) in [6, 6.07) is 4.29. The van der Waals surface area contributed by atoms with Gasteiger partial charge in [-0.05, 0) is 32.0 Å². The number of rotatable bonds is 5. The topological polar surface area (TPSA) is 111 Å². The second-order valence-electron chi connectivity index (χ2n) is 4.22. The Morgan fingerprint density at radius 2 is 2.05 bits per heavy atom. The molecule has 0 radical (unpaired) electrons. The molecule has 116 valence electrons. The number of ether oxygens (including phenoxy) is 1. The molecule has 10 heteroatoms. The quantitative estimate of drug-likeness (QED) is 0.697. The lowest BCUT2D eigenvalue weighted by molar-refractivity contribution is 0.121. The predicted molar refractivity (Wildman–Crippen MR) is 84.6 cm³/mol. The molecule has 0 bridgehead atoms. The SMILES string of the molecule is CC(C)OC(=O)NS(=O)(=O)Nc1ccc(C(N)=S)cc1Cl. The number of hydrogen-bond acceptors (Lipinski definition) is 5. The number of benzene rings is 1. The van der Waals surface area contributed by atoms with Crippen molar-refractivity contribution in [3.63, 3.8) is 0 Å². The van der Waals surface area contributed by atoms with Crippen LogP contribution in [-0.2, 0) is 14.9 Å². The number of nitrogens with one attached hydrogen (secondary N) is 2. The molecule has 0 saturated carbocycles. The van der Waals surface area contributed by atoms with Crippen LogP contribution in [0.1, 0.15) is 19.4 Å². The third kappa shape index (κ3) is 5.74. The molecule has 0 aliphatic rings. The van der Waals surface area contributed by atoms with Crippen LogP contribution >= 0.6 is 23.8 Å². The number of halogens is 1. The molecule has 0 aliphatic carbocycles. The zero-order valence-corrected chi connectivity index (χ0v) is 13.6. The minimum Gasteiger partial charge on any atom is -0.446 e. The van der Waals surface area contributed by atoms with Crippen LogP contribution in [0, 0.1) is 0 Å². The number of anilines is 1. The van der Waals surface area contributed by atoms with E-state index in [0.29, 0.717) is 5.56 Å². The molecule has 1 rings (SSSR count). The van der Waals surface area contributed by atoms with Crippen molar-refractivity contribution in [1.29, 1.82) is 0 Å². The Morgan fingerprint density at radius 3 is 2.52 bits per heavy atom. The van der Waals surface area contributed by atoms with Crippen LogP contribution in [-0.4, -0.2) is 25.6 Å². The molecule has 1 amide bonds. The van der Waals surface area contributed by atoms with Crippen LogP contribution in [0.2, 0.25) is 5.02 Å². The number of thiocarbonyl (C=S) groups is 1. The fraction of sp³-hybridized carbons (Fsp3) is 0.273. The summed E-state index contributed by atoms with van der Waals surface area (Å²) in [6.45, 7) is 3.18. The van der Waals surface area contributed by atoms with Gasteiger partial charge < -0.3 is 10.5 Å². The van der Waals surface area contributed by atoms with Crippen LogP contribution in [0.5, 0.6) is 0 Å². The highest BCUT2D eigenvalue weighted by molar-refractivity contribution is 7.91. The van der Waals surface area contributed by atoms with Gasteiger partial charge in [-0.25, -0.2) is 9.52 Å². The van der Waals surface area contributed by atoms with Gasteiger partial charge in [0.2, 0.25) is 0 Å². The second-order valence-corrected chi connectivity index (χ2v) is 6.48. The van der Waals surface area contributed by atoms with E-state index in [1.165, 1.54) is 18.2 Å². The van der Waals surface area contributed by atoms with Crippen molar-refractivity contribution in [3.8, 4) is 0 Å². The fourth-order valence-electron chi connectivity index (χ4n) is 1.27. The third-order valence-corrected chi connectivity index (χ3v) is 3.53. The van der Waals surface area contributed by atoms with E-state index in [2.05, 4.69) is 9.46 Å². The molecule has 0 fully saturated rings. The third-order valence-electron chi connectivity index (χ3n) is 2.06. The summed E-state index contributed by atoms with van der Waals surface area (Å²) in [5, 5.41) is 0.0860. The van der Waals surface area contributed by atoms with Crippen LogP contribution in [0.15, 0.2) is 18.2 Å². The molecule has 1 aromatic carbocycles. The van der Waals surface area contributed by atoms with E-state index < -0.39 is 22.4 Å². The Hall–Kier alpha value is -1.58. The van der Waals surface area contributed by atoms with Crippen molar-refractivity contribution in [2.45, 2.75) is 20.0 Å².